The molecule has 0 aliphatic heterocycles. The van der Waals surface area contributed by atoms with Crippen molar-refractivity contribution in [2.45, 2.75) is 24.9 Å². The molecule has 0 unspecified atom stereocenters. The molecule has 2 atom stereocenters. The van der Waals surface area contributed by atoms with Crippen molar-refractivity contribution in [3.05, 3.63) is 65.2 Å². The summed E-state index contributed by atoms with van der Waals surface area (Å²) in [5.74, 6) is 0.983. The van der Waals surface area contributed by atoms with E-state index in [0.29, 0.717) is 0 Å². The standard InChI is InChI=1S/C17H18O2/c1-19-16-9-5-4-8-14(16)15-11-10-12-6-2-3-7-13(12)17(15)18/h2-9,15,17-18H,10-11H2,1H3/t15-,17+/m0/s1. The van der Waals surface area contributed by atoms with Crippen LogP contribution in [-0.4, -0.2) is 12.2 Å². The van der Waals surface area contributed by atoms with E-state index in [1.165, 1.54) is 5.56 Å². The molecule has 0 bridgehead atoms. The summed E-state index contributed by atoms with van der Waals surface area (Å²) in [6, 6.07) is 16.2. The predicted octanol–water partition coefficient (Wildman–Crippen LogP) is 3.46. The van der Waals surface area contributed by atoms with E-state index >= 15 is 0 Å². The Morgan fingerprint density at radius 1 is 1.00 bits per heavy atom. The lowest BCUT2D eigenvalue weighted by atomic mass is 9.78. The van der Waals surface area contributed by atoms with E-state index in [1.54, 1.807) is 7.11 Å². The molecule has 3 rings (SSSR count). The average Bonchev–Trinajstić information content (AvgIpc) is 2.48. The third-order valence-corrected chi connectivity index (χ3v) is 4.02. The van der Waals surface area contributed by atoms with E-state index in [4.69, 9.17) is 4.74 Å². The maximum absolute atomic E-state index is 10.6. The van der Waals surface area contributed by atoms with Gasteiger partial charge in [0.15, 0.2) is 0 Å². The Morgan fingerprint density at radius 3 is 2.47 bits per heavy atom. The third-order valence-electron chi connectivity index (χ3n) is 4.02. The van der Waals surface area contributed by atoms with Crippen molar-refractivity contribution < 1.29 is 9.84 Å². The Hall–Kier alpha value is -1.80. The predicted molar refractivity (Wildman–Crippen MR) is 75.5 cm³/mol. The van der Waals surface area contributed by atoms with Gasteiger partial charge >= 0.3 is 0 Å². The van der Waals surface area contributed by atoms with Crippen LogP contribution in [0.3, 0.4) is 0 Å². The summed E-state index contributed by atoms with van der Waals surface area (Å²) < 4.78 is 5.42. The van der Waals surface area contributed by atoms with Crippen molar-refractivity contribution >= 4 is 0 Å². The molecule has 2 heteroatoms. The minimum atomic E-state index is -0.443. The van der Waals surface area contributed by atoms with Gasteiger partial charge in [0.25, 0.3) is 0 Å². The second kappa shape index (κ2) is 5.06. The van der Waals surface area contributed by atoms with Crippen LogP contribution in [0.1, 0.15) is 35.1 Å². The highest BCUT2D eigenvalue weighted by Crippen LogP contribution is 2.43. The molecule has 0 spiro atoms. The second-order valence-corrected chi connectivity index (χ2v) is 5.03. The zero-order valence-electron chi connectivity index (χ0n) is 11.0. The normalized spacial score (nSPS) is 21.8. The summed E-state index contributed by atoms with van der Waals surface area (Å²) in [6.07, 6.45) is 1.52. The van der Waals surface area contributed by atoms with Gasteiger partial charge in [-0.25, -0.2) is 0 Å². The highest BCUT2D eigenvalue weighted by molar-refractivity contribution is 5.41. The Bertz CT molecular complexity index is 577. The van der Waals surface area contributed by atoms with Crippen molar-refractivity contribution in [3.63, 3.8) is 0 Å². The topological polar surface area (TPSA) is 29.5 Å². The first-order chi connectivity index (χ1) is 9.31. The molecular weight excluding hydrogens is 236 g/mol. The summed E-state index contributed by atoms with van der Waals surface area (Å²) in [5, 5.41) is 10.6. The number of aliphatic hydroxyl groups excluding tert-OH is 1. The number of aryl methyl sites for hydroxylation is 1. The Kier molecular flexibility index (Phi) is 3.26. The molecule has 1 aliphatic carbocycles. The maximum atomic E-state index is 10.6. The first kappa shape index (κ1) is 12.2. The van der Waals surface area contributed by atoms with Crippen molar-refractivity contribution in [2.75, 3.05) is 7.11 Å². The second-order valence-electron chi connectivity index (χ2n) is 5.03. The van der Waals surface area contributed by atoms with Crippen LogP contribution in [0.15, 0.2) is 48.5 Å². The quantitative estimate of drug-likeness (QED) is 0.889. The number of hydrogen-bond donors (Lipinski definition) is 1. The lowest BCUT2D eigenvalue weighted by Gasteiger charge is -2.31. The lowest BCUT2D eigenvalue weighted by Crippen LogP contribution is -2.19. The molecule has 1 N–H and O–H groups in total. The zero-order chi connectivity index (χ0) is 13.2. The van der Waals surface area contributed by atoms with E-state index in [9.17, 15) is 5.11 Å². The Labute approximate surface area is 113 Å². The molecule has 2 nitrogen and oxygen atoms in total. The number of ether oxygens (including phenoxy) is 1. The van der Waals surface area contributed by atoms with Crippen molar-refractivity contribution in [1.29, 1.82) is 0 Å². The Balaban J connectivity index is 2.00. The number of fused-ring (bicyclic) bond motifs is 1. The highest BCUT2D eigenvalue weighted by atomic mass is 16.5. The molecule has 1 aliphatic rings. The molecular formula is C17H18O2. The fourth-order valence-electron chi connectivity index (χ4n) is 3.03. The van der Waals surface area contributed by atoms with E-state index in [-0.39, 0.29) is 5.92 Å². The number of hydrogen-bond acceptors (Lipinski definition) is 2. The summed E-state index contributed by atoms with van der Waals surface area (Å²) >= 11 is 0. The summed E-state index contributed by atoms with van der Waals surface area (Å²) in [5.41, 5.74) is 3.43. The third kappa shape index (κ3) is 2.13. The first-order valence-electron chi connectivity index (χ1n) is 6.70. The zero-order valence-corrected chi connectivity index (χ0v) is 11.0. The molecule has 0 fully saturated rings. The van der Waals surface area contributed by atoms with Crippen molar-refractivity contribution in [1.82, 2.24) is 0 Å². The molecule has 0 heterocycles. The Morgan fingerprint density at radius 2 is 1.68 bits per heavy atom. The van der Waals surface area contributed by atoms with Crippen LogP contribution in [-0.2, 0) is 6.42 Å². The number of methoxy groups -OCH3 is 1. The van der Waals surface area contributed by atoms with Gasteiger partial charge in [0.05, 0.1) is 13.2 Å². The number of rotatable bonds is 2. The van der Waals surface area contributed by atoms with Gasteiger partial charge in [0, 0.05) is 11.5 Å². The maximum Gasteiger partial charge on any atom is 0.122 e. The molecule has 98 valence electrons. The van der Waals surface area contributed by atoms with Gasteiger partial charge in [-0.15, -0.1) is 0 Å². The first-order valence-corrected chi connectivity index (χ1v) is 6.70. The smallest absolute Gasteiger partial charge is 0.122 e. The van der Waals surface area contributed by atoms with Gasteiger partial charge in [-0.2, -0.15) is 0 Å². The average molecular weight is 254 g/mol. The SMILES string of the molecule is COc1ccccc1[C@@H]1CCc2ccccc2[C@H]1O. The molecule has 0 amide bonds. The molecule has 0 radical (unpaired) electrons. The monoisotopic (exact) mass is 254 g/mol. The van der Waals surface area contributed by atoms with Gasteiger partial charge in [-0.3, -0.25) is 0 Å². The molecule has 0 saturated heterocycles. The fourth-order valence-corrected chi connectivity index (χ4v) is 3.03. The van der Waals surface area contributed by atoms with Gasteiger partial charge < -0.3 is 9.84 Å². The largest absolute Gasteiger partial charge is 0.496 e. The number of benzene rings is 2. The summed E-state index contributed by atoms with van der Waals surface area (Å²) in [4.78, 5) is 0. The van der Waals surface area contributed by atoms with E-state index in [1.807, 2.05) is 36.4 Å². The van der Waals surface area contributed by atoms with Crippen LogP contribution in [0.25, 0.3) is 0 Å². The van der Waals surface area contributed by atoms with Crippen LogP contribution in [0, 0.1) is 0 Å². The van der Waals surface area contributed by atoms with Crippen LogP contribution in [0.5, 0.6) is 5.75 Å². The van der Waals surface area contributed by atoms with Gasteiger partial charge in [-0.05, 0) is 30.0 Å². The van der Waals surface area contributed by atoms with Gasteiger partial charge in [0.2, 0.25) is 0 Å². The molecule has 2 aromatic carbocycles. The lowest BCUT2D eigenvalue weighted by molar-refractivity contribution is 0.130. The van der Waals surface area contributed by atoms with Crippen LogP contribution in [0.4, 0.5) is 0 Å². The minimum absolute atomic E-state index is 0.117. The number of aliphatic hydroxyl groups is 1. The molecule has 0 saturated carbocycles. The van der Waals surface area contributed by atoms with Gasteiger partial charge in [-0.1, -0.05) is 42.5 Å². The number of para-hydroxylation sites is 1. The fraction of sp³-hybridized carbons (Fsp3) is 0.294. The minimum Gasteiger partial charge on any atom is -0.496 e. The van der Waals surface area contributed by atoms with Crippen LogP contribution < -0.4 is 4.74 Å². The van der Waals surface area contributed by atoms with Crippen LogP contribution >= 0.6 is 0 Å². The van der Waals surface area contributed by atoms with Crippen LogP contribution in [0.2, 0.25) is 0 Å². The van der Waals surface area contributed by atoms with E-state index < -0.39 is 6.10 Å². The van der Waals surface area contributed by atoms with E-state index in [0.717, 1.165) is 29.7 Å². The molecule has 2 aromatic rings. The molecule has 0 aromatic heterocycles. The summed E-state index contributed by atoms with van der Waals surface area (Å²) in [6.45, 7) is 0. The summed E-state index contributed by atoms with van der Waals surface area (Å²) in [7, 11) is 1.68. The highest BCUT2D eigenvalue weighted by Gasteiger charge is 2.30. The van der Waals surface area contributed by atoms with Crippen molar-refractivity contribution in [3.8, 4) is 5.75 Å². The molecule has 19 heavy (non-hydrogen) atoms. The van der Waals surface area contributed by atoms with E-state index in [2.05, 4.69) is 12.1 Å². The van der Waals surface area contributed by atoms with Crippen molar-refractivity contribution in [2.24, 2.45) is 0 Å². The van der Waals surface area contributed by atoms with Gasteiger partial charge in [0.1, 0.15) is 5.75 Å².